The third-order valence-corrected chi connectivity index (χ3v) is 12.1. The molecule has 0 bridgehead atoms. The summed E-state index contributed by atoms with van der Waals surface area (Å²) in [6, 6.07) is 16.7. The monoisotopic (exact) mass is 770 g/mol. The van der Waals surface area contributed by atoms with Crippen LogP contribution in [0.1, 0.15) is 118 Å². The molecule has 0 aliphatic heterocycles. The number of hydrogen-bond donors (Lipinski definition) is 3. The van der Waals surface area contributed by atoms with E-state index in [0.717, 1.165) is 19.3 Å². The van der Waals surface area contributed by atoms with Crippen molar-refractivity contribution in [2.45, 2.75) is 133 Å². The van der Waals surface area contributed by atoms with Gasteiger partial charge < -0.3 is 15.2 Å². The number of ether oxygens (including phenoxy) is 1. The molecule has 1 amide bonds. The number of sulfonamides is 1. The largest absolute Gasteiger partial charge is 0.508 e. The topological polar surface area (TPSA) is 156 Å². The Balaban J connectivity index is 1.51. The second kappa shape index (κ2) is 21.1. The Morgan fingerprint density at radius 2 is 1.15 bits per heavy atom. The fourth-order valence-corrected chi connectivity index (χ4v) is 8.23. The molecule has 0 heterocycles. The number of sulfone groups is 1. The third-order valence-electron chi connectivity index (χ3n) is 8.92. The molecule has 0 aliphatic carbocycles. The average molecular weight is 771 g/mol. The van der Waals surface area contributed by atoms with Crippen LogP contribution in [0.3, 0.4) is 0 Å². The molecule has 0 radical (unpaired) electrons. The zero-order valence-electron chi connectivity index (χ0n) is 31.7. The molecule has 0 saturated carbocycles. The summed E-state index contributed by atoms with van der Waals surface area (Å²) < 4.78 is 60.1. The maximum atomic E-state index is 13.5. The van der Waals surface area contributed by atoms with E-state index in [1.165, 1.54) is 119 Å². The van der Waals surface area contributed by atoms with Gasteiger partial charge in [0.15, 0.2) is 5.78 Å². The Morgan fingerprint density at radius 1 is 0.679 bits per heavy atom. The Hall–Kier alpha value is -3.90. The van der Waals surface area contributed by atoms with Crippen LogP contribution < -0.4 is 14.8 Å². The van der Waals surface area contributed by atoms with E-state index in [-0.39, 0.29) is 38.4 Å². The van der Waals surface area contributed by atoms with Gasteiger partial charge in [-0.05, 0) is 73.2 Å². The molecule has 10 nitrogen and oxygen atoms in total. The smallest absolute Gasteiger partial charge is 0.273 e. The third kappa shape index (κ3) is 15.2. The summed E-state index contributed by atoms with van der Waals surface area (Å²) in [5.74, 6) is -1.26. The maximum Gasteiger partial charge on any atom is 0.273 e. The van der Waals surface area contributed by atoms with Crippen LogP contribution in [-0.4, -0.2) is 45.5 Å². The number of hydrogen-bond acceptors (Lipinski definition) is 8. The van der Waals surface area contributed by atoms with Gasteiger partial charge in [0.25, 0.3) is 5.91 Å². The number of phenols is 1. The van der Waals surface area contributed by atoms with Crippen LogP contribution in [0.15, 0.2) is 82.6 Å². The van der Waals surface area contributed by atoms with Crippen LogP contribution in [-0.2, 0) is 29.4 Å². The molecule has 3 aromatic carbocycles. The number of aromatic hydroxyl groups is 1. The predicted octanol–water partition coefficient (Wildman–Crippen LogP) is 9.45. The molecule has 1 atom stereocenters. The van der Waals surface area contributed by atoms with Crippen molar-refractivity contribution in [1.82, 2.24) is 0 Å². The van der Waals surface area contributed by atoms with E-state index in [2.05, 4.69) is 17.0 Å². The molecule has 0 spiro atoms. The van der Waals surface area contributed by atoms with E-state index in [9.17, 15) is 31.5 Å². The van der Waals surface area contributed by atoms with Crippen LogP contribution in [0.2, 0.25) is 0 Å². The first-order chi connectivity index (χ1) is 25.1. The lowest BCUT2D eigenvalue weighted by Crippen LogP contribution is -2.45. The van der Waals surface area contributed by atoms with Gasteiger partial charge in [0, 0.05) is 11.1 Å². The predicted molar refractivity (Wildman–Crippen MR) is 212 cm³/mol. The van der Waals surface area contributed by atoms with Crippen LogP contribution in [0.25, 0.3) is 0 Å². The fraction of sp³-hybridized carbons (Fsp3) is 0.512. The second-order valence-electron chi connectivity index (χ2n) is 14.7. The molecule has 3 rings (SSSR count). The Labute approximate surface area is 317 Å². The molecular weight excluding hydrogens is 713 g/mol. The van der Waals surface area contributed by atoms with Gasteiger partial charge in [-0.25, -0.2) is 16.8 Å². The number of ketones is 1. The Bertz CT molecular complexity index is 1800. The number of carbonyl (C=O) groups excluding carboxylic acids is 2. The second-order valence-corrected chi connectivity index (χ2v) is 18.5. The summed E-state index contributed by atoms with van der Waals surface area (Å²) in [6.45, 7) is 7.20. The van der Waals surface area contributed by atoms with Crippen molar-refractivity contribution in [2.75, 3.05) is 15.8 Å². The summed E-state index contributed by atoms with van der Waals surface area (Å²) in [5.41, 5.74) is -0.426. The fourth-order valence-electron chi connectivity index (χ4n) is 5.80. The normalized spacial score (nSPS) is 12.6. The van der Waals surface area contributed by atoms with E-state index in [4.69, 9.17) is 4.74 Å². The first-order valence-electron chi connectivity index (χ1n) is 18.9. The molecule has 3 aromatic rings. The number of amides is 1. The summed E-state index contributed by atoms with van der Waals surface area (Å²) in [5, 5.41) is 12.2. The van der Waals surface area contributed by atoms with Crippen LogP contribution in [0.4, 0.5) is 11.4 Å². The zero-order valence-corrected chi connectivity index (χ0v) is 33.4. The first-order valence-corrected chi connectivity index (χ1v) is 22.0. The summed E-state index contributed by atoms with van der Waals surface area (Å²) in [7, 11) is -7.51. The number of rotatable bonds is 24. The lowest BCUT2D eigenvalue weighted by Gasteiger charge is -2.25. The van der Waals surface area contributed by atoms with Gasteiger partial charge in [-0.15, -0.1) is 0 Å². The number of phenolic OH excluding ortho intramolecular Hbond substituents is 1. The van der Waals surface area contributed by atoms with Crippen molar-refractivity contribution >= 4 is 42.9 Å². The maximum absolute atomic E-state index is 13.5. The zero-order chi connectivity index (χ0) is 38.9. The number of carbonyl (C=O) groups is 2. The Kier molecular flexibility index (Phi) is 17.3. The molecule has 0 aromatic heterocycles. The van der Waals surface area contributed by atoms with Gasteiger partial charge in [0.2, 0.25) is 26.0 Å². The molecule has 53 heavy (non-hydrogen) atoms. The highest BCUT2D eigenvalue weighted by atomic mass is 32.2. The molecule has 12 heteroatoms. The van der Waals surface area contributed by atoms with E-state index < -0.39 is 43.1 Å². The van der Waals surface area contributed by atoms with Gasteiger partial charge in [-0.1, -0.05) is 117 Å². The lowest BCUT2D eigenvalue weighted by molar-refractivity contribution is -0.140. The van der Waals surface area contributed by atoms with E-state index in [1.54, 1.807) is 39.0 Å². The number of nitrogens with one attached hydrogen (secondary N) is 2. The Morgan fingerprint density at radius 3 is 1.66 bits per heavy atom. The van der Waals surface area contributed by atoms with Crippen molar-refractivity contribution < 1.29 is 36.3 Å². The van der Waals surface area contributed by atoms with Crippen molar-refractivity contribution in [1.29, 1.82) is 0 Å². The van der Waals surface area contributed by atoms with Crippen molar-refractivity contribution in [3.05, 3.63) is 72.8 Å². The minimum atomic E-state index is -3.89. The molecule has 1 unspecified atom stereocenters. The van der Waals surface area contributed by atoms with Crippen LogP contribution >= 0.6 is 0 Å². The quantitative estimate of drug-likeness (QED) is 0.0601. The minimum absolute atomic E-state index is 0.00729. The van der Waals surface area contributed by atoms with Crippen LogP contribution in [0.5, 0.6) is 11.5 Å². The summed E-state index contributed by atoms with van der Waals surface area (Å²) in [6.07, 6.45) is 14.9. The summed E-state index contributed by atoms with van der Waals surface area (Å²) in [4.78, 5) is 26.8. The number of benzene rings is 3. The number of unbranched alkanes of at least 4 members (excludes halogenated alkanes) is 13. The molecule has 0 saturated heterocycles. The molecular formula is C41H58N2O8S2. The number of Topliss-reactive ketones (excluding diaryl/α,β-unsaturated/α-hetero) is 1. The molecule has 292 valence electrons. The highest BCUT2D eigenvalue weighted by molar-refractivity contribution is 7.92. The molecule has 0 aliphatic rings. The van der Waals surface area contributed by atoms with Gasteiger partial charge in [-0.2, -0.15) is 0 Å². The van der Waals surface area contributed by atoms with E-state index >= 15 is 0 Å². The standard InChI is InChI=1S/C41H58N2O8S2/c1-5-6-7-8-9-10-11-12-13-14-15-16-17-18-30-52(47,48)43-33-21-19-20-32(31-33)42-40(46)38(39(45)41(2,3)4)51-35-24-28-37(29-25-35)53(49,50)36-26-22-34(44)23-27-36/h19-29,31,38,43-44H,5-18,30H2,1-4H3,(H,42,46). The van der Waals surface area contributed by atoms with E-state index in [0.29, 0.717) is 6.42 Å². The van der Waals surface area contributed by atoms with Crippen LogP contribution in [0, 0.1) is 5.41 Å². The highest BCUT2D eigenvalue weighted by Crippen LogP contribution is 2.27. The van der Waals surface area contributed by atoms with Gasteiger partial charge in [0.05, 0.1) is 21.2 Å². The molecule has 3 N–H and O–H groups in total. The van der Waals surface area contributed by atoms with Gasteiger partial charge in [0.1, 0.15) is 11.5 Å². The summed E-state index contributed by atoms with van der Waals surface area (Å²) >= 11 is 0. The average Bonchev–Trinajstić information content (AvgIpc) is 3.10. The van der Waals surface area contributed by atoms with Gasteiger partial charge >= 0.3 is 0 Å². The molecule has 0 fully saturated rings. The van der Waals surface area contributed by atoms with Crippen molar-refractivity contribution in [3.8, 4) is 11.5 Å². The SMILES string of the molecule is CCCCCCCCCCCCCCCCS(=O)(=O)Nc1cccc(NC(=O)C(Oc2ccc(S(=O)(=O)c3ccc(O)cc3)cc2)C(=O)C(C)(C)C)c1. The highest BCUT2D eigenvalue weighted by Gasteiger charge is 2.37. The lowest BCUT2D eigenvalue weighted by atomic mass is 9.87. The minimum Gasteiger partial charge on any atom is -0.508 e. The van der Waals surface area contributed by atoms with Gasteiger partial charge in [-0.3, -0.25) is 14.3 Å². The van der Waals surface area contributed by atoms with E-state index in [1.807, 2.05) is 0 Å². The van der Waals surface area contributed by atoms with Crippen molar-refractivity contribution in [3.63, 3.8) is 0 Å². The first kappa shape index (κ1) is 43.5. The van der Waals surface area contributed by atoms with Crippen molar-refractivity contribution in [2.24, 2.45) is 5.41 Å². The number of anilines is 2.